The van der Waals surface area contributed by atoms with Crippen LogP contribution in [0, 0.1) is 41.4 Å². The minimum Gasteiger partial charge on any atom is -0.479 e. The first-order chi connectivity index (χ1) is 36.6. The standard InChI is InChI=1S/C41H68O34S5/c1-11-20-28(31(73-78(52,53)54)27(19(8)63-20)72-77(49,50)51)68-39-18(7)23-24(30(69-39)35(42)43)41(23,9)71-40-34(75-80(58,59)60)32(74-79(55,56)57)29(21(12-2)64-40)67-38-17(6)15(4)26(33(70-38)36(44)45)66-37-16(5)14(3)25(61-10)22(65-37)13-62-76(46,47)48/h14-34,37-40H,11-13H2,1-10H3,(H,42,43)(H,44,45)(H,46,47,48)(H,49,50,51)(H,52,53,54)(H,55,56,57)(H,58,59,60)/t14?,15?,16?,17?,18?,19-,20?,21?,22?,23+,24-,25+,26+,27?,28-,29+,30?,31?,32+,33?,34?,37-,38+,39+,40+,41?/m1/s1. The fourth-order valence-electron chi connectivity index (χ4n) is 11.5. The van der Waals surface area contributed by atoms with Gasteiger partial charge in [-0.1, -0.05) is 48.5 Å². The highest BCUT2D eigenvalue weighted by atomic mass is 32.3. The molecule has 5 heterocycles. The molecule has 1 saturated carbocycles. The number of carboxylic acid groups (broad SMARTS) is 2. The van der Waals surface area contributed by atoms with Crippen molar-refractivity contribution in [2.75, 3.05) is 13.7 Å². The second-order valence-corrected chi connectivity index (χ2v) is 25.9. The molecule has 6 rings (SSSR count). The molecule has 0 spiro atoms. The van der Waals surface area contributed by atoms with Crippen LogP contribution in [0.5, 0.6) is 0 Å². The van der Waals surface area contributed by atoms with Crippen molar-refractivity contribution < 1.29 is 153 Å². The molecule has 0 radical (unpaired) electrons. The van der Waals surface area contributed by atoms with E-state index in [2.05, 4.69) is 8.37 Å². The first-order valence-corrected chi connectivity index (χ1v) is 31.6. The molecule has 6 aliphatic rings. The van der Waals surface area contributed by atoms with Crippen LogP contribution in [0.1, 0.15) is 75.2 Å². The Hall–Kier alpha value is -2.11. The molecule has 5 aliphatic heterocycles. The molecule has 0 amide bonds. The maximum Gasteiger partial charge on any atom is 0.397 e. The quantitative estimate of drug-likeness (QED) is 0.0605. The minimum absolute atomic E-state index is 0.0350. The summed E-state index contributed by atoms with van der Waals surface area (Å²) in [5.74, 6) is -9.62. The van der Waals surface area contributed by atoms with Gasteiger partial charge in [0.15, 0.2) is 43.5 Å². The Morgan fingerprint density at radius 1 is 0.450 bits per heavy atom. The summed E-state index contributed by atoms with van der Waals surface area (Å²) in [6, 6.07) is 0. The van der Waals surface area contributed by atoms with Gasteiger partial charge in [0, 0.05) is 36.7 Å². The van der Waals surface area contributed by atoms with Crippen LogP contribution in [0.3, 0.4) is 0 Å². The number of fused-ring (bicyclic) bond motifs is 1. The molecular formula is C41H68O34S5. The molecule has 0 aromatic carbocycles. The molecule has 466 valence electrons. The highest BCUT2D eigenvalue weighted by molar-refractivity contribution is 7.81. The van der Waals surface area contributed by atoms with Gasteiger partial charge in [-0.2, -0.15) is 42.1 Å². The predicted octanol–water partition coefficient (Wildman–Crippen LogP) is -0.394. The second-order valence-electron chi connectivity index (χ2n) is 20.6. The average Bonchev–Trinajstić information content (AvgIpc) is 3.92. The molecule has 0 bridgehead atoms. The summed E-state index contributed by atoms with van der Waals surface area (Å²) >= 11 is 0. The van der Waals surface area contributed by atoms with Gasteiger partial charge in [0.1, 0.15) is 42.7 Å². The van der Waals surface area contributed by atoms with Crippen molar-refractivity contribution in [3.05, 3.63) is 0 Å². The molecule has 0 aromatic rings. The molecular weight excluding hydrogens is 1200 g/mol. The SMILES string of the molecule is CCC1O[C@H](C)C(OS(=O)(=O)O)C(OS(=O)(=O)O)[C@@H]1O[C@H]1OC(C(=O)O)[C@H]2[C@H](C1C)C2(C)O[C@@H]1OC(CC)[C@H](O[C@H]2OC(C(=O)O)[C@@H](O[C@H]3OC(COS(=O)(=O)O)[C@@H](OC)C(C)C3C)C(C)C2C)[C@H](OS(=O)(=O)O)C1OS(=O)(=O)O. The largest absolute Gasteiger partial charge is 0.479 e. The summed E-state index contributed by atoms with van der Waals surface area (Å²) in [5.41, 5.74) is -1.88. The minimum atomic E-state index is -5.74. The van der Waals surface area contributed by atoms with Crippen LogP contribution < -0.4 is 0 Å². The van der Waals surface area contributed by atoms with Gasteiger partial charge < -0.3 is 57.6 Å². The lowest BCUT2D eigenvalue weighted by Crippen LogP contribution is -2.64. The van der Waals surface area contributed by atoms with Crippen LogP contribution in [0.15, 0.2) is 0 Å². The Morgan fingerprint density at radius 2 is 0.850 bits per heavy atom. The number of hydrogen-bond acceptors (Lipinski definition) is 27. The van der Waals surface area contributed by atoms with E-state index in [1.165, 1.54) is 55.6 Å². The monoisotopic (exact) mass is 1260 g/mol. The van der Waals surface area contributed by atoms with Crippen LogP contribution in [0.25, 0.3) is 0 Å². The zero-order valence-electron chi connectivity index (χ0n) is 44.2. The average molecular weight is 1270 g/mol. The number of methoxy groups -OCH3 is 1. The Kier molecular flexibility index (Phi) is 21.0. The highest BCUT2D eigenvalue weighted by Gasteiger charge is 2.75. The topological polar surface area (TPSA) is 485 Å². The molecule has 26 atom stereocenters. The molecule has 80 heavy (non-hydrogen) atoms. The predicted molar refractivity (Wildman–Crippen MR) is 256 cm³/mol. The maximum atomic E-state index is 13.0. The van der Waals surface area contributed by atoms with E-state index in [1.54, 1.807) is 13.8 Å². The van der Waals surface area contributed by atoms with E-state index in [1.807, 2.05) is 0 Å². The lowest BCUT2D eigenvalue weighted by Gasteiger charge is -2.50. The summed E-state index contributed by atoms with van der Waals surface area (Å²) in [6.07, 6.45) is -31.5. The van der Waals surface area contributed by atoms with Crippen molar-refractivity contribution >= 4 is 63.9 Å². The van der Waals surface area contributed by atoms with Gasteiger partial charge in [-0.25, -0.2) is 30.5 Å². The van der Waals surface area contributed by atoms with Crippen molar-refractivity contribution in [2.24, 2.45) is 41.4 Å². The molecule has 14 unspecified atom stereocenters. The third kappa shape index (κ3) is 15.7. The van der Waals surface area contributed by atoms with Crippen molar-refractivity contribution in [1.82, 2.24) is 0 Å². The lowest BCUT2D eigenvalue weighted by molar-refractivity contribution is -0.357. The van der Waals surface area contributed by atoms with Crippen molar-refractivity contribution in [1.29, 1.82) is 0 Å². The van der Waals surface area contributed by atoms with Gasteiger partial charge in [-0.05, 0) is 38.5 Å². The molecule has 1 aliphatic carbocycles. The van der Waals surface area contributed by atoms with E-state index in [-0.39, 0.29) is 12.8 Å². The fraction of sp³-hybridized carbons (Fsp3) is 0.951. The second kappa shape index (κ2) is 25.1. The number of hydrogen-bond donors (Lipinski definition) is 7. The van der Waals surface area contributed by atoms with Crippen LogP contribution in [-0.2, 0) is 130 Å². The zero-order chi connectivity index (χ0) is 60.3. The third-order valence-corrected chi connectivity index (χ3v) is 17.9. The molecule has 39 heteroatoms. The van der Waals surface area contributed by atoms with E-state index < -0.39 is 228 Å². The van der Waals surface area contributed by atoms with Crippen molar-refractivity contribution in [3.8, 4) is 0 Å². The summed E-state index contributed by atoms with van der Waals surface area (Å²) in [7, 11) is -25.9. The normalized spacial score (nSPS) is 44.0. The number of carbonyl (C=O) groups is 2. The highest BCUT2D eigenvalue weighted by Crippen LogP contribution is 2.64. The summed E-state index contributed by atoms with van der Waals surface area (Å²) in [6.45, 7) is 12.6. The van der Waals surface area contributed by atoms with Gasteiger partial charge >= 0.3 is 63.9 Å². The first kappa shape index (κ1) is 67.0. The number of aliphatic carboxylic acids is 2. The molecule has 6 fully saturated rings. The van der Waals surface area contributed by atoms with Gasteiger partial charge in [0.2, 0.25) is 0 Å². The summed E-state index contributed by atoms with van der Waals surface area (Å²) in [4.78, 5) is 26.0. The summed E-state index contributed by atoms with van der Waals surface area (Å²) < 4.78 is 255. The Labute approximate surface area is 461 Å². The van der Waals surface area contributed by atoms with E-state index in [0.717, 1.165) is 0 Å². The van der Waals surface area contributed by atoms with E-state index in [9.17, 15) is 84.7 Å². The first-order valence-electron chi connectivity index (χ1n) is 24.8. The number of rotatable bonds is 24. The van der Waals surface area contributed by atoms with Gasteiger partial charge in [-0.3, -0.25) is 22.8 Å². The molecule has 0 aromatic heterocycles. The van der Waals surface area contributed by atoms with E-state index in [4.69, 9.17) is 59.9 Å². The van der Waals surface area contributed by atoms with E-state index >= 15 is 0 Å². The number of ether oxygens (including phenoxy) is 10. The lowest BCUT2D eigenvalue weighted by atomic mass is 9.82. The van der Waals surface area contributed by atoms with Crippen molar-refractivity contribution in [2.45, 2.75) is 191 Å². The maximum absolute atomic E-state index is 13.0. The fourth-order valence-corrected chi connectivity index (χ4v) is 13.8. The zero-order valence-corrected chi connectivity index (χ0v) is 48.3. The van der Waals surface area contributed by atoms with Crippen LogP contribution in [0.4, 0.5) is 0 Å². The van der Waals surface area contributed by atoms with Crippen molar-refractivity contribution in [3.63, 3.8) is 0 Å². The molecule has 7 N–H and O–H groups in total. The Bertz CT molecular complexity index is 2770. The van der Waals surface area contributed by atoms with Gasteiger partial charge in [-0.15, -0.1) is 0 Å². The van der Waals surface area contributed by atoms with Gasteiger partial charge in [0.05, 0.1) is 36.6 Å². The van der Waals surface area contributed by atoms with Crippen LogP contribution >= 0.6 is 0 Å². The van der Waals surface area contributed by atoms with E-state index in [0.29, 0.717) is 0 Å². The van der Waals surface area contributed by atoms with Crippen LogP contribution in [0.2, 0.25) is 0 Å². The molecule has 34 nitrogen and oxygen atoms in total. The Morgan fingerprint density at radius 3 is 1.31 bits per heavy atom. The van der Waals surface area contributed by atoms with Gasteiger partial charge in [0.25, 0.3) is 0 Å². The smallest absolute Gasteiger partial charge is 0.397 e. The van der Waals surface area contributed by atoms with Crippen LogP contribution in [-0.4, -0.2) is 217 Å². The Balaban J connectivity index is 1.29. The molecule has 5 saturated heterocycles. The summed E-state index contributed by atoms with van der Waals surface area (Å²) in [5, 5.41) is 21.1. The third-order valence-electron chi connectivity index (χ3n) is 15.6. The number of carboxylic acids is 2.